The lowest BCUT2D eigenvalue weighted by molar-refractivity contribution is 0.765. The van der Waals surface area contributed by atoms with Gasteiger partial charge in [-0.25, -0.2) is 0 Å². The van der Waals surface area contributed by atoms with Crippen molar-refractivity contribution in [3.63, 3.8) is 0 Å². The molecule has 0 radical (unpaired) electrons. The number of aromatic nitrogens is 3. The lowest BCUT2D eigenvalue weighted by Gasteiger charge is -1.93. The fourth-order valence-corrected chi connectivity index (χ4v) is 2.30. The summed E-state index contributed by atoms with van der Waals surface area (Å²) in [5, 5.41) is 9.94. The summed E-state index contributed by atoms with van der Waals surface area (Å²) >= 11 is 8.04. The minimum Gasteiger partial charge on any atom is -0.299 e. The monoisotopic (exact) mass is 233 g/mol. The van der Waals surface area contributed by atoms with E-state index in [0.29, 0.717) is 11.0 Å². The summed E-state index contributed by atoms with van der Waals surface area (Å²) in [5.74, 6) is 0. The van der Waals surface area contributed by atoms with E-state index in [1.807, 2.05) is 0 Å². The highest BCUT2D eigenvalue weighted by atomic mass is 35.5. The van der Waals surface area contributed by atoms with Crippen LogP contribution in [0.1, 0.15) is 5.01 Å². The van der Waals surface area contributed by atoms with Gasteiger partial charge in [0.2, 0.25) is 4.47 Å². The largest absolute Gasteiger partial charge is 0.307 e. The van der Waals surface area contributed by atoms with Crippen LogP contribution in [-0.4, -0.2) is 14.8 Å². The summed E-state index contributed by atoms with van der Waals surface area (Å²) in [7, 11) is 0. The molecule has 0 fully saturated rings. The summed E-state index contributed by atoms with van der Waals surface area (Å²) in [6.07, 6.45) is 1.72. The topological polar surface area (TPSA) is 47.8 Å². The van der Waals surface area contributed by atoms with E-state index in [1.54, 1.807) is 16.1 Å². The van der Waals surface area contributed by atoms with Crippen LogP contribution >= 0.6 is 34.3 Å². The summed E-state index contributed by atoms with van der Waals surface area (Å²) in [4.78, 5) is 11.1. The van der Waals surface area contributed by atoms with Crippen LogP contribution < -0.4 is 4.87 Å². The van der Waals surface area contributed by atoms with E-state index >= 15 is 0 Å². The van der Waals surface area contributed by atoms with Gasteiger partial charge in [0.15, 0.2) is 0 Å². The molecule has 2 aromatic heterocycles. The fourth-order valence-electron chi connectivity index (χ4n) is 0.851. The molecule has 0 aliphatic carbocycles. The molecule has 0 saturated carbocycles. The van der Waals surface area contributed by atoms with E-state index < -0.39 is 0 Å². The first-order valence-electron chi connectivity index (χ1n) is 3.37. The van der Waals surface area contributed by atoms with Crippen molar-refractivity contribution in [2.24, 2.45) is 0 Å². The molecule has 4 nitrogen and oxygen atoms in total. The minimum atomic E-state index is 0.00585. The molecule has 0 aromatic carbocycles. The van der Waals surface area contributed by atoms with Crippen LogP contribution in [0, 0.1) is 0 Å². The van der Waals surface area contributed by atoms with Crippen molar-refractivity contribution in [1.82, 2.24) is 14.8 Å². The smallest absolute Gasteiger partial charge is 0.299 e. The predicted octanol–water partition coefficient (Wildman–Crippen LogP) is 1.46. The number of hydrogen-bond acceptors (Lipinski definition) is 5. The molecule has 0 bridgehead atoms. The summed E-state index contributed by atoms with van der Waals surface area (Å²) in [6.45, 7) is 0.451. The van der Waals surface area contributed by atoms with Gasteiger partial charge in [-0.05, 0) is 11.6 Å². The molecule has 0 atom stereocenters. The molecule has 2 heterocycles. The van der Waals surface area contributed by atoms with Gasteiger partial charge in [-0.3, -0.25) is 9.36 Å². The first-order valence-corrected chi connectivity index (χ1v) is 5.45. The second-order valence-electron chi connectivity index (χ2n) is 2.25. The zero-order valence-corrected chi connectivity index (χ0v) is 8.70. The van der Waals surface area contributed by atoms with Crippen LogP contribution in [0.3, 0.4) is 0 Å². The average Bonchev–Trinajstić information content (AvgIpc) is 2.64. The maximum absolute atomic E-state index is 11.1. The molecule has 0 saturated heterocycles. The van der Waals surface area contributed by atoms with Gasteiger partial charge in [-0.2, -0.15) is 0 Å². The number of rotatable bonds is 2. The lowest BCUT2D eigenvalue weighted by atomic mass is 10.6. The van der Waals surface area contributed by atoms with Gasteiger partial charge in [-0.15, -0.1) is 10.2 Å². The molecule has 0 aliphatic heterocycles. The summed E-state index contributed by atoms with van der Waals surface area (Å²) < 4.78 is 1.97. The van der Waals surface area contributed by atoms with Crippen molar-refractivity contribution >= 4 is 34.3 Å². The van der Waals surface area contributed by atoms with Crippen molar-refractivity contribution in [3.05, 3.63) is 30.7 Å². The van der Waals surface area contributed by atoms with Crippen LogP contribution in [-0.2, 0) is 6.54 Å². The van der Waals surface area contributed by atoms with Crippen molar-refractivity contribution in [3.8, 4) is 0 Å². The molecule has 68 valence electrons. The first kappa shape index (κ1) is 8.86. The van der Waals surface area contributed by atoms with Gasteiger partial charge in [0.05, 0.1) is 6.54 Å². The van der Waals surface area contributed by atoms with Crippen molar-refractivity contribution in [2.45, 2.75) is 6.54 Å². The van der Waals surface area contributed by atoms with E-state index in [9.17, 15) is 4.79 Å². The summed E-state index contributed by atoms with van der Waals surface area (Å²) in [6, 6.07) is 0. The molecule has 0 unspecified atom stereocenters. The summed E-state index contributed by atoms with van der Waals surface area (Å²) in [5.41, 5.74) is 0. The molecular weight excluding hydrogens is 230 g/mol. The Morgan fingerprint density at radius 2 is 2.38 bits per heavy atom. The Morgan fingerprint density at radius 3 is 2.92 bits per heavy atom. The third-order valence-electron chi connectivity index (χ3n) is 1.39. The molecule has 7 heteroatoms. The third kappa shape index (κ3) is 1.96. The lowest BCUT2D eigenvalue weighted by Crippen LogP contribution is -2.12. The molecule has 0 aliphatic rings. The van der Waals surface area contributed by atoms with Crippen molar-refractivity contribution in [1.29, 1.82) is 0 Å². The Kier molecular flexibility index (Phi) is 2.43. The number of hydrogen-bond donors (Lipinski definition) is 0. The van der Waals surface area contributed by atoms with Crippen LogP contribution in [0.2, 0.25) is 4.47 Å². The van der Waals surface area contributed by atoms with E-state index in [2.05, 4.69) is 10.2 Å². The number of thiazole rings is 1. The predicted molar refractivity (Wildman–Crippen MR) is 52.6 cm³/mol. The van der Waals surface area contributed by atoms with E-state index in [0.717, 1.165) is 16.3 Å². The maximum Gasteiger partial charge on any atom is 0.307 e. The van der Waals surface area contributed by atoms with Gasteiger partial charge < -0.3 is 0 Å². The van der Waals surface area contributed by atoms with Gasteiger partial charge in [0.1, 0.15) is 5.01 Å². The van der Waals surface area contributed by atoms with Crippen LogP contribution in [0.4, 0.5) is 0 Å². The Balaban J connectivity index is 2.24. The van der Waals surface area contributed by atoms with Crippen molar-refractivity contribution in [2.75, 3.05) is 0 Å². The first-order chi connectivity index (χ1) is 6.25. The SMILES string of the molecule is O=c1sccn1Cc1nnc(Cl)s1. The molecule has 0 amide bonds. The Bertz CT molecular complexity index is 460. The minimum absolute atomic E-state index is 0.00585. The van der Waals surface area contributed by atoms with Gasteiger partial charge in [-0.1, -0.05) is 22.7 Å². The molecule has 13 heavy (non-hydrogen) atoms. The van der Waals surface area contributed by atoms with E-state index in [1.165, 1.54) is 11.3 Å². The van der Waals surface area contributed by atoms with E-state index in [-0.39, 0.29) is 4.87 Å². The Hall–Kier alpha value is -0.720. The molecule has 2 aromatic rings. The number of halogens is 1. The Labute approximate surface area is 86.4 Å². The van der Waals surface area contributed by atoms with E-state index in [4.69, 9.17) is 11.6 Å². The van der Waals surface area contributed by atoms with Crippen LogP contribution in [0.15, 0.2) is 16.4 Å². The molecule has 2 rings (SSSR count). The standard InChI is InChI=1S/C6H4ClN3OS2/c7-5-9-8-4(13-5)3-10-1-2-12-6(10)11/h1-2H,3H2. The maximum atomic E-state index is 11.1. The quantitative estimate of drug-likeness (QED) is 0.789. The number of nitrogens with zero attached hydrogens (tertiary/aromatic N) is 3. The molecule has 0 spiro atoms. The normalized spacial score (nSPS) is 10.5. The second kappa shape index (κ2) is 3.57. The van der Waals surface area contributed by atoms with Crippen LogP contribution in [0.25, 0.3) is 0 Å². The highest BCUT2D eigenvalue weighted by molar-refractivity contribution is 7.15. The third-order valence-corrected chi connectivity index (χ3v) is 3.09. The Morgan fingerprint density at radius 1 is 1.54 bits per heavy atom. The van der Waals surface area contributed by atoms with Crippen LogP contribution in [0.5, 0.6) is 0 Å². The van der Waals surface area contributed by atoms with Crippen molar-refractivity contribution < 1.29 is 0 Å². The van der Waals surface area contributed by atoms with Gasteiger partial charge in [0, 0.05) is 11.6 Å². The zero-order chi connectivity index (χ0) is 9.26. The average molecular weight is 234 g/mol. The fraction of sp³-hybridized carbons (Fsp3) is 0.167. The second-order valence-corrected chi connectivity index (χ2v) is 4.75. The van der Waals surface area contributed by atoms with Gasteiger partial charge in [0.25, 0.3) is 0 Å². The molecular formula is C6H4ClN3OS2. The highest BCUT2D eigenvalue weighted by Gasteiger charge is 2.03. The zero-order valence-electron chi connectivity index (χ0n) is 6.31. The highest BCUT2D eigenvalue weighted by Crippen LogP contribution is 2.15. The van der Waals surface area contributed by atoms with Gasteiger partial charge >= 0.3 is 4.87 Å². The molecule has 0 N–H and O–H groups in total.